The number of ether oxygens (including phenoxy) is 1. The van der Waals surface area contributed by atoms with Crippen LogP contribution in [0.25, 0.3) is 0 Å². The molecule has 1 aromatic heterocycles. The smallest absolute Gasteiger partial charge is 0.269 e. The normalized spacial score (nSPS) is 10.2. The van der Waals surface area contributed by atoms with Crippen molar-refractivity contribution in [3.8, 4) is 0 Å². The summed E-state index contributed by atoms with van der Waals surface area (Å²) >= 11 is 0. The molecule has 0 unspecified atom stereocenters. The van der Waals surface area contributed by atoms with Gasteiger partial charge in [-0.05, 0) is 26.0 Å². The van der Waals surface area contributed by atoms with Gasteiger partial charge < -0.3 is 9.30 Å². The van der Waals surface area contributed by atoms with E-state index in [0.29, 0.717) is 23.6 Å². The molecule has 0 spiro atoms. The lowest BCUT2D eigenvalue weighted by atomic mass is 10.1. The number of nitro groups is 1. The molecular formula is C16H19BrN4O4. The number of non-ortho nitro benzene ring substituents is 1. The second-order valence-electron chi connectivity index (χ2n) is 5.15. The van der Waals surface area contributed by atoms with Gasteiger partial charge in [0.1, 0.15) is 5.82 Å². The van der Waals surface area contributed by atoms with Crippen LogP contribution in [0.1, 0.15) is 28.7 Å². The molecule has 2 aromatic rings. The highest BCUT2D eigenvalue weighted by atomic mass is 79.9. The molecule has 2 rings (SSSR count). The highest BCUT2D eigenvalue weighted by Crippen LogP contribution is 2.13. The molecule has 0 saturated heterocycles. The van der Waals surface area contributed by atoms with Crippen molar-refractivity contribution in [2.75, 3.05) is 6.61 Å². The monoisotopic (exact) mass is 410 g/mol. The summed E-state index contributed by atoms with van der Waals surface area (Å²) in [7, 11) is 0. The maximum Gasteiger partial charge on any atom is 0.269 e. The fourth-order valence-corrected chi connectivity index (χ4v) is 2.13. The number of rotatable bonds is 7. The van der Waals surface area contributed by atoms with Crippen LogP contribution in [0.3, 0.4) is 0 Å². The minimum absolute atomic E-state index is 0. The standard InChI is InChI=1S/C16H18N4O4.BrH/c1-3-24-10-13-8-19(11(2)18-16(13)17)9-15(21)12-4-6-14(7-5-12)20(22)23;/h4-8,17H,3,9-10H2,1-2H3;1H. The number of aryl methyl sites for hydroxylation is 1. The zero-order chi connectivity index (χ0) is 17.7. The molecule has 0 atom stereocenters. The largest absolute Gasteiger partial charge is 0.377 e. The lowest BCUT2D eigenvalue weighted by Gasteiger charge is -2.12. The number of aromatic nitrogens is 2. The van der Waals surface area contributed by atoms with Gasteiger partial charge in [0.2, 0.25) is 0 Å². The van der Waals surface area contributed by atoms with E-state index in [4.69, 9.17) is 10.1 Å². The molecule has 1 N–H and O–H groups in total. The summed E-state index contributed by atoms with van der Waals surface area (Å²) in [5, 5.41) is 18.5. The molecule has 1 heterocycles. The summed E-state index contributed by atoms with van der Waals surface area (Å²) in [6, 6.07) is 5.47. The molecule has 0 radical (unpaired) electrons. The van der Waals surface area contributed by atoms with E-state index in [9.17, 15) is 14.9 Å². The first kappa shape index (κ1) is 20.7. The number of nitrogens with zero attached hydrogens (tertiary/aromatic N) is 3. The van der Waals surface area contributed by atoms with E-state index < -0.39 is 4.92 Å². The number of carbonyl (C=O) groups excluding carboxylic acids is 1. The highest BCUT2D eigenvalue weighted by Gasteiger charge is 2.12. The number of nitro benzene ring substituents is 1. The summed E-state index contributed by atoms with van der Waals surface area (Å²) < 4.78 is 6.95. The Hall–Kier alpha value is -2.39. The van der Waals surface area contributed by atoms with Gasteiger partial charge in [-0.2, -0.15) is 0 Å². The third-order valence-electron chi connectivity index (χ3n) is 3.48. The maximum absolute atomic E-state index is 12.4. The van der Waals surface area contributed by atoms with Crippen LogP contribution in [0.15, 0.2) is 30.5 Å². The second kappa shape index (κ2) is 9.19. The van der Waals surface area contributed by atoms with Gasteiger partial charge in [0, 0.05) is 36.1 Å². The highest BCUT2D eigenvalue weighted by molar-refractivity contribution is 8.93. The van der Waals surface area contributed by atoms with Crippen molar-refractivity contribution in [2.45, 2.75) is 27.0 Å². The Balaban J connectivity index is 0.00000312. The Morgan fingerprint density at radius 2 is 2.00 bits per heavy atom. The fourth-order valence-electron chi connectivity index (χ4n) is 2.13. The third-order valence-corrected chi connectivity index (χ3v) is 3.48. The van der Waals surface area contributed by atoms with Crippen molar-refractivity contribution >= 4 is 28.5 Å². The minimum Gasteiger partial charge on any atom is -0.377 e. The van der Waals surface area contributed by atoms with Crippen molar-refractivity contribution in [3.05, 3.63) is 63.0 Å². The molecule has 9 heteroatoms. The molecular weight excluding hydrogens is 392 g/mol. The molecule has 0 bridgehead atoms. The number of nitrogens with one attached hydrogen (secondary N) is 1. The van der Waals surface area contributed by atoms with E-state index in [2.05, 4.69) is 4.98 Å². The van der Waals surface area contributed by atoms with Gasteiger partial charge in [0.15, 0.2) is 11.3 Å². The van der Waals surface area contributed by atoms with Crippen molar-refractivity contribution in [1.29, 1.82) is 5.41 Å². The molecule has 8 nitrogen and oxygen atoms in total. The predicted molar refractivity (Wildman–Crippen MR) is 95.9 cm³/mol. The van der Waals surface area contributed by atoms with Gasteiger partial charge in [-0.15, -0.1) is 17.0 Å². The predicted octanol–water partition coefficient (Wildman–Crippen LogP) is 2.58. The minimum atomic E-state index is -0.510. The van der Waals surface area contributed by atoms with Crippen LogP contribution >= 0.6 is 17.0 Å². The van der Waals surface area contributed by atoms with Crippen LogP contribution in [0, 0.1) is 22.4 Å². The Bertz CT molecular complexity index is 818. The molecule has 0 aliphatic carbocycles. The van der Waals surface area contributed by atoms with Crippen molar-refractivity contribution in [2.24, 2.45) is 0 Å². The molecule has 0 aliphatic heterocycles. The summed E-state index contributed by atoms with van der Waals surface area (Å²) in [6.45, 7) is 4.39. The van der Waals surface area contributed by atoms with Crippen molar-refractivity contribution in [3.63, 3.8) is 0 Å². The van der Waals surface area contributed by atoms with E-state index in [-0.39, 0.29) is 47.1 Å². The first-order chi connectivity index (χ1) is 11.4. The number of ketones is 1. The first-order valence-corrected chi connectivity index (χ1v) is 7.39. The van der Waals surface area contributed by atoms with E-state index in [1.807, 2.05) is 6.92 Å². The van der Waals surface area contributed by atoms with Crippen LogP contribution in [-0.4, -0.2) is 26.9 Å². The van der Waals surface area contributed by atoms with Gasteiger partial charge in [-0.1, -0.05) is 0 Å². The third kappa shape index (κ3) is 5.30. The molecule has 1 aromatic carbocycles. The summed E-state index contributed by atoms with van der Waals surface area (Å²) in [6.07, 6.45) is 1.68. The van der Waals surface area contributed by atoms with Crippen LogP contribution in [0.4, 0.5) is 5.69 Å². The first-order valence-electron chi connectivity index (χ1n) is 7.39. The van der Waals surface area contributed by atoms with Gasteiger partial charge in [0.25, 0.3) is 5.69 Å². The number of carbonyl (C=O) groups is 1. The SMILES string of the molecule is Br.CCOCc1cn(CC(=O)c2ccc([N+](=O)[O-])cc2)c(C)nc1=N. The van der Waals surface area contributed by atoms with Crippen molar-refractivity contribution in [1.82, 2.24) is 9.55 Å². The fraction of sp³-hybridized carbons (Fsp3) is 0.312. The Labute approximate surface area is 154 Å². The van der Waals surface area contributed by atoms with E-state index in [1.165, 1.54) is 24.3 Å². The Kier molecular flexibility index (Phi) is 7.59. The summed E-state index contributed by atoms with van der Waals surface area (Å²) in [4.78, 5) is 26.6. The summed E-state index contributed by atoms with van der Waals surface area (Å²) in [5.74, 6) is 0.343. The van der Waals surface area contributed by atoms with Gasteiger partial charge in [-0.25, -0.2) is 4.98 Å². The maximum atomic E-state index is 12.4. The number of hydrogen-bond donors (Lipinski definition) is 1. The average Bonchev–Trinajstić information content (AvgIpc) is 2.56. The van der Waals surface area contributed by atoms with E-state index in [1.54, 1.807) is 17.7 Å². The van der Waals surface area contributed by atoms with Crippen LogP contribution in [-0.2, 0) is 17.9 Å². The second-order valence-corrected chi connectivity index (χ2v) is 5.15. The number of halogens is 1. The van der Waals surface area contributed by atoms with E-state index >= 15 is 0 Å². The molecule has 134 valence electrons. The molecule has 25 heavy (non-hydrogen) atoms. The Morgan fingerprint density at radius 3 is 2.56 bits per heavy atom. The van der Waals surface area contributed by atoms with Gasteiger partial charge in [-0.3, -0.25) is 20.3 Å². The number of benzene rings is 1. The Morgan fingerprint density at radius 1 is 1.36 bits per heavy atom. The number of Topliss-reactive ketones (excluding diaryl/α,β-unsaturated/α-hetero) is 1. The zero-order valence-corrected chi connectivity index (χ0v) is 15.6. The topological polar surface area (TPSA) is 111 Å². The van der Waals surface area contributed by atoms with Gasteiger partial charge >= 0.3 is 0 Å². The molecule has 0 fully saturated rings. The number of hydrogen-bond acceptors (Lipinski definition) is 6. The van der Waals surface area contributed by atoms with Crippen molar-refractivity contribution < 1.29 is 14.5 Å². The summed E-state index contributed by atoms with van der Waals surface area (Å²) in [5.41, 5.74) is 1.04. The van der Waals surface area contributed by atoms with Gasteiger partial charge in [0.05, 0.1) is 18.1 Å². The van der Waals surface area contributed by atoms with Crippen LogP contribution < -0.4 is 5.49 Å². The van der Waals surface area contributed by atoms with Crippen LogP contribution in [0.5, 0.6) is 0 Å². The molecule has 0 amide bonds. The quantitative estimate of drug-likeness (QED) is 0.428. The molecule has 0 aliphatic rings. The molecule has 0 saturated carbocycles. The average molecular weight is 411 g/mol. The van der Waals surface area contributed by atoms with E-state index in [0.717, 1.165) is 0 Å². The lowest BCUT2D eigenvalue weighted by molar-refractivity contribution is -0.384. The zero-order valence-electron chi connectivity index (χ0n) is 13.9. The van der Waals surface area contributed by atoms with Crippen LogP contribution in [0.2, 0.25) is 0 Å². The lowest BCUT2D eigenvalue weighted by Crippen LogP contribution is -2.23.